The molecule has 1 heterocycles. The lowest BCUT2D eigenvalue weighted by Crippen LogP contribution is -2.38. The zero-order valence-corrected chi connectivity index (χ0v) is 12.6. The van der Waals surface area contributed by atoms with Gasteiger partial charge in [0, 0.05) is 6.04 Å². The summed E-state index contributed by atoms with van der Waals surface area (Å²) in [5.74, 6) is -0.326. The van der Waals surface area contributed by atoms with E-state index in [9.17, 15) is 9.59 Å². The molecular formula is C13H22N4O3. The van der Waals surface area contributed by atoms with Gasteiger partial charge < -0.3 is 10.1 Å². The summed E-state index contributed by atoms with van der Waals surface area (Å²) in [5, 5.41) is 10.5. The van der Waals surface area contributed by atoms with Crippen molar-refractivity contribution in [1.29, 1.82) is 0 Å². The van der Waals surface area contributed by atoms with Crippen LogP contribution in [0.3, 0.4) is 0 Å². The summed E-state index contributed by atoms with van der Waals surface area (Å²) >= 11 is 0. The van der Waals surface area contributed by atoms with Crippen molar-refractivity contribution in [3.8, 4) is 0 Å². The Morgan fingerprint density at radius 3 is 2.55 bits per heavy atom. The number of esters is 1. The highest BCUT2D eigenvalue weighted by molar-refractivity contribution is 5.88. The molecule has 7 heteroatoms. The molecule has 0 aromatic carbocycles. The lowest BCUT2D eigenvalue weighted by Gasteiger charge is -2.17. The monoisotopic (exact) mass is 282 g/mol. The van der Waals surface area contributed by atoms with Gasteiger partial charge in [-0.05, 0) is 26.7 Å². The largest absolute Gasteiger partial charge is 0.461 e. The third-order valence-corrected chi connectivity index (χ3v) is 3.13. The Labute approximate surface area is 118 Å². The highest BCUT2D eigenvalue weighted by Gasteiger charge is 2.19. The number of hydrogen-bond acceptors (Lipinski definition) is 5. The van der Waals surface area contributed by atoms with E-state index in [1.165, 1.54) is 4.68 Å². The van der Waals surface area contributed by atoms with Gasteiger partial charge in [0.25, 0.3) is 0 Å². The molecule has 0 spiro atoms. The summed E-state index contributed by atoms with van der Waals surface area (Å²) < 4.78 is 6.27. The van der Waals surface area contributed by atoms with Gasteiger partial charge in [0.05, 0.1) is 12.3 Å². The molecular weight excluding hydrogens is 260 g/mol. The molecule has 1 unspecified atom stereocenters. The van der Waals surface area contributed by atoms with E-state index in [-0.39, 0.29) is 30.8 Å². The second-order valence-electron chi connectivity index (χ2n) is 5.00. The van der Waals surface area contributed by atoms with Gasteiger partial charge in [0.2, 0.25) is 5.91 Å². The average molecular weight is 282 g/mol. The molecule has 1 N–H and O–H groups in total. The topological polar surface area (TPSA) is 86.1 Å². The third kappa shape index (κ3) is 4.04. The molecule has 1 atom stereocenters. The predicted molar refractivity (Wildman–Crippen MR) is 73.2 cm³/mol. The molecule has 0 aliphatic carbocycles. The van der Waals surface area contributed by atoms with Gasteiger partial charge in [-0.1, -0.05) is 19.1 Å². The van der Waals surface area contributed by atoms with Gasteiger partial charge in [0.15, 0.2) is 5.69 Å². The summed E-state index contributed by atoms with van der Waals surface area (Å²) in [6.45, 7) is 9.73. The van der Waals surface area contributed by atoms with Crippen LogP contribution in [0.25, 0.3) is 0 Å². The molecule has 0 fully saturated rings. The standard InChI is InChI=1S/C13H22N4O3/c1-6-20-13(19)12-10(5)17(16-15-12)7-11(18)14-9(4)8(2)3/h8-9H,6-7H2,1-5H3,(H,14,18). The number of nitrogens with zero attached hydrogens (tertiary/aromatic N) is 3. The molecule has 7 nitrogen and oxygen atoms in total. The van der Waals surface area contributed by atoms with E-state index in [1.54, 1.807) is 13.8 Å². The Bertz CT molecular complexity index is 482. The summed E-state index contributed by atoms with van der Waals surface area (Å²) in [6.07, 6.45) is 0. The van der Waals surface area contributed by atoms with Crippen LogP contribution in [0, 0.1) is 12.8 Å². The summed E-state index contributed by atoms with van der Waals surface area (Å²) in [4.78, 5) is 23.5. The fourth-order valence-corrected chi connectivity index (χ4v) is 1.50. The Hall–Kier alpha value is -1.92. The number of rotatable bonds is 6. The zero-order valence-electron chi connectivity index (χ0n) is 12.6. The van der Waals surface area contributed by atoms with Crippen LogP contribution in [0.1, 0.15) is 43.9 Å². The molecule has 0 aliphatic heterocycles. The maximum absolute atomic E-state index is 11.9. The Morgan fingerprint density at radius 1 is 1.35 bits per heavy atom. The molecule has 0 aliphatic rings. The molecule has 20 heavy (non-hydrogen) atoms. The van der Waals surface area contributed by atoms with E-state index < -0.39 is 5.97 Å². The number of aromatic nitrogens is 3. The number of hydrogen-bond donors (Lipinski definition) is 1. The van der Waals surface area contributed by atoms with E-state index in [2.05, 4.69) is 15.6 Å². The van der Waals surface area contributed by atoms with Gasteiger partial charge in [-0.2, -0.15) is 0 Å². The minimum atomic E-state index is -0.521. The lowest BCUT2D eigenvalue weighted by atomic mass is 10.1. The zero-order chi connectivity index (χ0) is 15.3. The van der Waals surface area contributed by atoms with E-state index in [4.69, 9.17) is 4.74 Å². The van der Waals surface area contributed by atoms with E-state index >= 15 is 0 Å². The van der Waals surface area contributed by atoms with E-state index in [0.29, 0.717) is 11.6 Å². The number of ether oxygens (including phenoxy) is 1. The van der Waals surface area contributed by atoms with Gasteiger partial charge in [-0.15, -0.1) is 5.10 Å². The van der Waals surface area contributed by atoms with E-state index in [1.807, 2.05) is 20.8 Å². The molecule has 1 aromatic heterocycles. The second-order valence-corrected chi connectivity index (χ2v) is 5.00. The van der Waals surface area contributed by atoms with Crippen LogP contribution in [0.5, 0.6) is 0 Å². The molecule has 0 bridgehead atoms. The smallest absolute Gasteiger partial charge is 0.360 e. The average Bonchev–Trinajstić information content (AvgIpc) is 2.71. The number of carbonyl (C=O) groups is 2. The molecule has 1 amide bonds. The maximum Gasteiger partial charge on any atom is 0.360 e. The molecule has 0 saturated carbocycles. The highest BCUT2D eigenvalue weighted by Crippen LogP contribution is 2.06. The van der Waals surface area contributed by atoms with Crippen LogP contribution in [0.4, 0.5) is 0 Å². The lowest BCUT2D eigenvalue weighted by molar-refractivity contribution is -0.122. The fourth-order valence-electron chi connectivity index (χ4n) is 1.50. The normalized spacial score (nSPS) is 12.3. The second kappa shape index (κ2) is 7.02. The van der Waals surface area contributed by atoms with Crippen LogP contribution < -0.4 is 5.32 Å². The van der Waals surface area contributed by atoms with Crippen LogP contribution in [0.2, 0.25) is 0 Å². The Balaban J connectivity index is 2.70. The maximum atomic E-state index is 11.9. The minimum absolute atomic E-state index is 0.0370. The first-order valence-electron chi connectivity index (χ1n) is 6.73. The number of amides is 1. The van der Waals surface area contributed by atoms with Crippen LogP contribution in [-0.4, -0.2) is 39.5 Å². The summed E-state index contributed by atoms with van der Waals surface area (Å²) in [6, 6.07) is 0.0795. The first-order chi connectivity index (χ1) is 9.36. The van der Waals surface area contributed by atoms with Gasteiger partial charge in [-0.25, -0.2) is 9.48 Å². The van der Waals surface area contributed by atoms with Crippen LogP contribution >= 0.6 is 0 Å². The SMILES string of the molecule is CCOC(=O)c1nnn(CC(=O)NC(C)C(C)C)c1C. The van der Waals surface area contributed by atoms with Crippen molar-refractivity contribution in [1.82, 2.24) is 20.3 Å². The minimum Gasteiger partial charge on any atom is -0.461 e. The van der Waals surface area contributed by atoms with Crippen molar-refractivity contribution < 1.29 is 14.3 Å². The van der Waals surface area contributed by atoms with Crippen LogP contribution in [0.15, 0.2) is 0 Å². The fraction of sp³-hybridized carbons (Fsp3) is 0.692. The van der Waals surface area contributed by atoms with Crippen molar-refractivity contribution >= 4 is 11.9 Å². The Morgan fingerprint density at radius 2 is 2.00 bits per heavy atom. The molecule has 0 radical (unpaired) electrons. The molecule has 112 valence electrons. The quantitative estimate of drug-likeness (QED) is 0.784. The van der Waals surface area contributed by atoms with Gasteiger partial charge in [-0.3, -0.25) is 4.79 Å². The van der Waals surface area contributed by atoms with E-state index in [0.717, 1.165) is 0 Å². The van der Waals surface area contributed by atoms with Gasteiger partial charge in [0.1, 0.15) is 6.54 Å². The van der Waals surface area contributed by atoms with Gasteiger partial charge >= 0.3 is 5.97 Å². The Kier molecular flexibility index (Phi) is 5.66. The predicted octanol–water partition coefficient (Wildman–Crippen LogP) is 0.924. The van der Waals surface area contributed by atoms with Crippen molar-refractivity contribution in [2.75, 3.05) is 6.61 Å². The van der Waals surface area contributed by atoms with Crippen LogP contribution in [-0.2, 0) is 16.1 Å². The first kappa shape index (κ1) is 16.1. The molecule has 1 aromatic rings. The molecule has 1 rings (SSSR count). The first-order valence-corrected chi connectivity index (χ1v) is 6.73. The van der Waals surface area contributed by atoms with Crippen molar-refractivity contribution in [3.05, 3.63) is 11.4 Å². The summed E-state index contributed by atoms with van der Waals surface area (Å²) in [5.41, 5.74) is 0.673. The third-order valence-electron chi connectivity index (χ3n) is 3.13. The summed E-state index contributed by atoms with van der Waals surface area (Å²) in [7, 11) is 0. The highest BCUT2D eigenvalue weighted by atomic mass is 16.5. The molecule has 0 saturated heterocycles. The van der Waals surface area contributed by atoms with Crippen molar-refractivity contribution in [2.45, 2.75) is 47.2 Å². The van der Waals surface area contributed by atoms with Crippen molar-refractivity contribution in [2.24, 2.45) is 5.92 Å². The number of carbonyl (C=O) groups excluding carboxylic acids is 2. The number of nitrogens with one attached hydrogen (secondary N) is 1. The van der Waals surface area contributed by atoms with Crippen molar-refractivity contribution in [3.63, 3.8) is 0 Å².